The first-order valence-corrected chi connectivity index (χ1v) is 8.65. The smallest absolute Gasteiger partial charge is 0.271 e. The fourth-order valence-electron chi connectivity index (χ4n) is 2.20. The first kappa shape index (κ1) is 18.2. The summed E-state index contributed by atoms with van der Waals surface area (Å²) in [6.07, 6.45) is 2.93. The molecule has 26 heavy (non-hydrogen) atoms. The molecule has 1 aromatic heterocycles. The van der Waals surface area contributed by atoms with E-state index in [1.165, 1.54) is 12.4 Å². The third-order valence-electron chi connectivity index (χ3n) is 3.70. The maximum atomic E-state index is 12.2. The zero-order chi connectivity index (χ0) is 18.5. The first-order chi connectivity index (χ1) is 12.5. The van der Waals surface area contributed by atoms with E-state index >= 15 is 0 Å². The molecule has 0 aliphatic heterocycles. The number of hydrogen-bond donors (Lipinski definition) is 2. The van der Waals surface area contributed by atoms with Gasteiger partial charge in [-0.3, -0.25) is 4.79 Å². The largest absolute Gasteiger partial charge is 0.347 e. The molecule has 7 heteroatoms. The van der Waals surface area contributed by atoms with Crippen molar-refractivity contribution < 1.29 is 4.79 Å². The lowest BCUT2D eigenvalue weighted by atomic mass is 10.2. The van der Waals surface area contributed by atoms with Gasteiger partial charge < -0.3 is 10.6 Å². The maximum Gasteiger partial charge on any atom is 0.271 e. The molecule has 0 unspecified atom stereocenters. The standard InChI is InChI=1S/C19H16Cl2N4O/c1-12-2-7-15(8-16(12)21)25-18-11-22-17(10-23-18)19(26)24-9-13-3-5-14(20)6-4-13/h2-8,10-11H,9H2,1H3,(H,23,25)(H,24,26). The number of rotatable bonds is 5. The highest BCUT2D eigenvalue weighted by atomic mass is 35.5. The molecule has 0 aliphatic rings. The number of anilines is 2. The molecule has 2 N–H and O–H groups in total. The lowest BCUT2D eigenvalue weighted by molar-refractivity contribution is 0.0945. The topological polar surface area (TPSA) is 66.9 Å². The SMILES string of the molecule is Cc1ccc(Nc2cnc(C(=O)NCc3ccc(Cl)cc3)cn2)cc1Cl. The lowest BCUT2D eigenvalue weighted by Crippen LogP contribution is -2.24. The molecule has 0 fully saturated rings. The van der Waals surface area contributed by atoms with Crippen molar-refractivity contribution in [3.8, 4) is 0 Å². The number of halogens is 2. The van der Waals surface area contributed by atoms with E-state index in [-0.39, 0.29) is 11.6 Å². The number of hydrogen-bond acceptors (Lipinski definition) is 4. The van der Waals surface area contributed by atoms with Gasteiger partial charge in [0, 0.05) is 22.3 Å². The van der Waals surface area contributed by atoms with Crippen LogP contribution in [0, 0.1) is 6.92 Å². The van der Waals surface area contributed by atoms with Crippen molar-refractivity contribution in [1.29, 1.82) is 0 Å². The minimum absolute atomic E-state index is 0.242. The summed E-state index contributed by atoms with van der Waals surface area (Å²) in [5.41, 5.74) is 2.99. The predicted octanol–water partition coefficient (Wildman–Crippen LogP) is 4.77. The average Bonchev–Trinajstić information content (AvgIpc) is 2.65. The van der Waals surface area contributed by atoms with Crippen molar-refractivity contribution in [3.05, 3.63) is 81.7 Å². The summed E-state index contributed by atoms with van der Waals surface area (Å²) in [6, 6.07) is 12.9. The molecule has 0 bridgehead atoms. The number of nitrogens with zero attached hydrogens (tertiary/aromatic N) is 2. The van der Waals surface area contributed by atoms with Gasteiger partial charge in [-0.05, 0) is 42.3 Å². The van der Waals surface area contributed by atoms with Gasteiger partial charge in [0.05, 0.1) is 12.4 Å². The number of amides is 1. The van der Waals surface area contributed by atoms with Crippen LogP contribution in [0.1, 0.15) is 21.6 Å². The van der Waals surface area contributed by atoms with Crippen LogP contribution in [0.3, 0.4) is 0 Å². The number of aromatic nitrogens is 2. The van der Waals surface area contributed by atoms with Crippen molar-refractivity contribution in [3.63, 3.8) is 0 Å². The van der Waals surface area contributed by atoms with E-state index < -0.39 is 0 Å². The predicted molar refractivity (Wildman–Crippen MR) is 104 cm³/mol. The number of nitrogens with one attached hydrogen (secondary N) is 2. The van der Waals surface area contributed by atoms with Crippen molar-refractivity contribution in [2.24, 2.45) is 0 Å². The molecular formula is C19H16Cl2N4O. The van der Waals surface area contributed by atoms with Gasteiger partial charge in [0.15, 0.2) is 0 Å². The summed E-state index contributed by atoms with van der Waals surface area (Å²) < 4.78 is 0. The summed E-state index contributed by atoms with van der Waals surface area (Å²) in [7, 11) is 0. The third-order valence-corrected chi connectivity index (χ3v) is 4.35. The van der Waals surface area contributed by atoms with E-state index in [2.05, 4.69) is 20.6 Å². The molecule has 0 radical (unpaired) electrons. The second-order valence-electron chi connectivity index (χ2n) is 5.68. The Morgan fingerprint density at radius 2 is 1.81 bits per heavy atom. The Bertz CT molecular complexity index is 912. The van der Waals surface area contributed by atoms with Crippen molar-refractivity contribution in [2.75, 3.05) is 5.32 Å². The lowest BCUT2D eigenvalue weighted by Gasteiger charge is -2.08. The van der Waals surface area contributed by atoms with Crippen LogP contribution in [0.2, 0.25) is 10.0 Å². The normalized spacial score (nSPS) is 10.4. The van der Waals surface area contributed by atoms with Gasteiger partial charge in [0.1, 0.15) is 11.5 Å². The molecule has 0 spiro atoms. The Labute approximate surface area is 161 Å². The van der Waals surface area contributed by atoms with Gasteiger partial charge in [-0.1, -0.05) is 41.4 Å². The van der Waals surface area contributed by atoms with E-state index in [1.54, 1.807) is 12.1 Å². The second-order valence-corrected chi connectivity index (χ2v) is 6.53. The third kappa shape index (κ3) is 4.71. The molecule has 1 heterocycles. The molecule has 5 nitrogen and oxygen atoms in total. The number of benzene rings is 2. The van der Waals surface area contributed by atoms with Crippen LogP contribution in [0.5, 0.6) is 0 Å². The number of carbonyl (C=O) groups is 1. The van der Waals surface area contributed by atoms with Crippen molar-refractivity contribution in [1.82, 2.24) is 15.3 Å². The highest BCUT2D eigenvalue weighted by Crippen LogP contribution is 2.22. The van der Waals surface area contributed by atoms with Gasteiger partial charge in [0.2, 0.25) is 0 Å². The van der Waals surface area contributed by atoms with Crippen LogP contribution in [0.4, 0.5) is 11.5 Å². The van der Waals surface area contributed by atoms with E-state index in [9.17, 15) is 4.79 Å². The fourth-order valence-corrected chi connectivity index (χ4v) is 2.51. The molecule has 3 aromatic rings. The van der Waals surface area contributed by atoms with Crippen LogP contribution < -0.4 is 10.6 Å². The molecule has 0 atom stereocenters. The Hall–Kier alpha value is -2.63. The van der Waals surface area contributed by atoms with Crippen LogP contribution >= 0.6 is 23.2 Å². The summed E-state index contributed by atoms with van der Waals surface area (Å²) in [5, 5.41) is 7.22. The monoisotopic (exact) mass is 386 g/mol. The minimum atomic E-state index is -0.294. The first-order valence-electron chi connectivity index (χ1n) is 7.89. The van der Waals surface area contributed by atoms with Gasteiger partial charge >= 0.3 is 0 Å². The quantitative estimate of drug-likeness (QED) is 0.662. The van der Waals surface area contributed by atoms with E-state index in [1.807, 2.05) is 37.3 Å². The van der Waals surface area contributed by atoms with Gasteiger partial charge in [-0.2, -0.15) is 0 Å². The van der Waals surface area contributed by atoms with Crippen LogP contribution in [-0.2, 0) is 6.54 Å². The maximum absolute atomic E-state index is 12.2. The summed E-state index contributed by atoms with van der Waals surface area (Å²) in [5.74, 6) is 0.233. The molecular weight excluding hydrogens is 371 g/mol. The minimum Gasteiger partial charge on any atom is -0.347 e. The molecule has 0 saturated heterocycles. The summed E-state index contributed by atoms with van der Waals surface area (Å²) in [6.45, 7) is 2.32. The van der Waals surface area contributed by atoms with Crippen molar-refractivity contribution >= 4 is 40.6 Å². The molecule has 3 rings (SSSR count). The molecule has 0 saturated carbocycles. The average molecular weight is 387 g/mol. The fraction of sp³-hybridized carbons (Fsp3) is 0.105. The Balaban J connectivity index is 1.60. The highest BCUT2D eigenvalue weighted by molar-refractivity contribution is 6.31. The zero-order valence-corrected chi connectivity index (χ0v) is 15.5. The Morgan fingerprint density at radius 1 is 1.04 bits per heavy atom. The molecule has 1 amide bonds. The Kier molecular flexibility index (Phi) is 5.71. The molecule has 132 valence electrons. The van der Waals surface area contributed by atoms with E-state index in [0.717, 1.165) is 16.8 Å². The van der Waals surface area contributed by atoms with Gasteiger partial charge in [-0.25, -0.2) is 9.97 Å². The van der Waals surface area contributed by atoms with Crippen LogP contribution in [-0.4, -0.2) is 15.9 Å². The Morgan fingerprint density at radius 3 is 2.46 bits per heavy atom. The van der Waals surface area contributed by atoms with Crippen LogP contribution in [0.15, 0.2) is 54.9 Å². The van der Waals surface area contributed by atoms with E-state index in [0.29, 0.717) is 22.4 Å². The van der Waals surface area contributed by atoms with E-state index in [4.69, 9.17) is 23.2 Å². The van der Waals surface area contributed by atoms with Gasteiger partial charge in [-0.15, -0.1) is 0 Å². The summed E-state index contributed by atoms with van der Waals surface area (Å²) in [4.78, 5) is 20.5. The van der Waals surface area contributed by atoms with Crippen molar-refractivity contribution in [2.45, 2.75) is 13.5 Å². The summed E-state index contributed by atoms with van der Waals surface area (Å²) >= 11 is 11.9. The zero-order valence-electron chi connectivity index (χ0n) is 14.0. The van der Waals surface area contributed by atoms with Crippen LogP contribution in [0.25, 0.3) is 0 Å². The van der Waals surface area contributed by atoms with Gasteiger partial charge in [0.25, 0.3) is 5.91 Å². The number of aryl methyl sites for hydroxylation is 1. The molecule has 2 aromatic carbocycles. The molecule has 0 aliphatic carbocycles. The number of carbonyl (C=O) groups excluding carboxylic acids is 1. The second kappa shape index (κ2) is 8.17. The highest BCUT2D eigenvalue weighted by Gasteiger charge is 2.08.